The maximum Gasteiger partial charge on any atom is 0.410 e. The zero-order valence-corrected chi connectivity index (χ0v) is 27.5. The van der Waals surface area contributed by atoms with E-state index < -0.39 is 42.3 Å². The maximum atomic E-state index is 13.5. The van der Waals surface area contributed by atoms with E-state index >= 15 is 0 Å². The third-order valence-corrected chi connectivity index (χ3v) is 8.56. The lowest BCUT2D eigenvalue weighted by molar-refractivity contribution is -0.131. The van der Waals surface area contributed by atoms with Crippen LogP contribution in [-0.2, 0) is 25.5 Å². The van der Waals surface area contributed by atoms with E-state index in [0.717, 1.165) is 31.2 Å². The van der Waals surface area contributed by atoms with Gasteiger partial charge in [0.2, 0.25) is 5.91 Å². The van der Waals surface area contributed by atoms with Crippen molar-refractivity contribution in [1.82, 2.24) is 15.5 Å². The Balaban J connectivity index is 2.07. The summed E-state index contributed by atoms with van der Waals surface area (Å²) in [6, 6.07) is 9.08. The van der Waals surface area contributed by atoms with Gasteiger partial charge in [0.05, 0.1) is 24.7 Å². The van der Waals surface area contributed by atoms with Crippen molar-refractivity contribution in [3.8, 4) is 0 Å². The van der Waals surface area contributed by atoms with E-state index in [1.165, 1.54) is 11.3 Å². The van der Waals surface area contributed by atoms with Crippen LogP contribution >= 0.6 is 0 Å². The van der Waals surface area contributed by atoms with Crippen LogP contribution in [0, 0.1) is 17.8 Å². The second kappa shape index (κ2) is 20.4. The molecule has 1 aliphatic rings. The molecule has 0 spiro atoms. The van der Waals surface area contributed by atoms with Crippen molar-refractivity contribution in [1.29, 1.82) is 0 Å². The molecule has 0 bridgehead atoms. The Kier molecular flexibility index (Phi) is 17.4. The van der Waals surface area contributed by atoms with Crippen LogP contribution in [0.2, 0.25) is 0 Å². The molecular weight excluding hydrogens is 562 g/mol. The van der Waals surface area contributed by atoms with Crippen molar-refractivity contribution in [2.45, 2.75) is 109 Å². The highest BCUT2D eigenvalue weighted by atomic mass is 16.6. The number of likely N-dealkylation sites (N-methyl/N-ethyl adjacent to an activating group) is 1. The number of methoxy groups -OCH3 is 1. The smallest absolute Gasteiger partial charge is 0.410 e. The Hall–Kier alpha value is -2.69. The summed E-state index contributed by atoms with van der Waals surface area (Å²) in [7, 11) is 3.13. The van der Waals surface area contributed by atoms with Crippen LogP contribution in [0.4, 0.5) is 4.79 Å². The molecule has 0 radical (unpaired) electrons. The average molecular weight is 620 g/mol. The number of amides is 3. The van der Waals surface area contributed by atoms with E-state index in [4.69, 9.17) is 9.47 Å². The number of ether oxygens (including phenoxy) is 2. The number of benzene rings is 1. The van der Waals surface area contributed by atoms with Crippen LogP contribution < -0.4 is 10.6 Å². The van der Waals surface area contributed by atoms with E-state index in [-0.39, 0.29) is 24.8 Å². The van der Waals surface area contributed by atoms with Gasteiger partial charge in [0.1, 0.15) is 6.10 Å². The van der Waals surface area contributed by atoms with Gasteiger partial charge in [-0.2, -0.15) is 0 Å². The number of aliphatic hydroxyl groups is 2. The van der Waals surface area contributed by atoms with Crippen molar-refractivity contribution in [3.63, 3.8) is 0 Å². The highest BCUT2D eigenvalue weighted by Gasteiger charge is 2.33. The Labute approximate surface area is 264 Å². The number of carbonyl (C=O) groups is 3. The highest BCUT2D eigenvalue weighted by Crippen LogP contribution is 2.29. The first-order valence-corrected chi connectivity index (χ1v) is 16.4. The number of nitrogens with one attached hydrogen (secondary N) is 2. The minimum atomic E-state index is -1.08. The molecule has 250 valence electrons. The van der Waals surface area contributed by atoms with E-state index in [9.17, 15) is 24.6 Å². The van der Waals surface area contributed by atoms with Gasteiger partial charge in [0.15, 0.2) is 6.10 Å². The summed E-state index contributed by atoms with van der Waals surface area (Å²) in [6.07, 6.45) is 4.22. The summed E-state index contributed by atoms with van der Waals surface area (Å²) in [5, 5.41) is 27.7. The fourth-order valence-corrected chi connectivity index (χ4v) is 5.73. The molecule has 5 atom stereocenters. The zero-order valence-electron chi connectivity index (χ0n) is 27.5. The SMILES string of the molecule is CC[C@H](CNC(=O)[C@H](CCc1ccccc1)OC(=O)N(C)CCOC)C(=O)N[C@@H](CC1CCCCC1)[C@@H](O)[C@@H](O)CC(C)C. The number of hydrogen-bond acceptors (Lipinski definition) is 7. The van der Waals surface area contributed by atoms with Crippen molar-refractivity contribution in [3.05, 3.63) is 35.9 Å². The van der Waals surface area contributed by atoms with Gasteiger partial charge >= 0.3 is 6.09 Å². The predicted molar refractivity (Wildman–Crippen MR) is 171 cm³/mol. The van der Waals surface area contributed by atoms with Crippen LogP contribution in [0.5, 0.6) is 0 Å². The second-order valence-electron chi connectivity index (χ2n) is 12.7. The second-order valence-corrected chi connectivity index (χ2v) is 12.7. The minimum Gasteiger partial charge on any atom is -0.436 e. The molecule has 1 aliphatic carbocycles. The summed E-state index contributed by atoms with van der Waals surface area (Å²) in [5.41, 5.74) is 1.02. The van der Waals surface area contributed by atoms with Gasteiger partial charge in [-0.05, 0) is 49.5 Å². The van der Waals surface area contributed by atoms with Crippen molar-refractivity contribution in [2.75, 3.05) is 33.9 Å². The van der Waals surface area contributed by atoms with Gasteiger partial charge in [0, 0.05) is 27.2 Å². The van der Waals surface area contributed by atoms with Crippen LogP contribution in [0.15, 0.2) is 30.3 Å². The van der Waals surface area contributed by atoms with Gasteiger partial charge in [-0.3, -0.25) is 9.59 Å². The molecule has 4 N–H and O–H groups in total. The summed E-state index contributed by atoms with van der Waals surface area (Å²) in [4.78, 5) is 40.9. The molecule has 10 nitrogen and oxygen atoms in total. The molecular formula is C34H57N3O7. The Bertz CT molecular complexity index is 971. The molecule has 1 saturated carbocycles. The van der Waals surface area contributed by atoms with Crippen LogP contribution in [0.3, 0.4) is 0 Å². The van der Waals surface area contributed by atoms with Gasteiger partial charge in [-0.1, -0.05) is 83.2 Å². The standard InChI is InChI=1S/C34H57N3O7/c1-6-27(32(40)36-28(22-26-15-11-8-12-16-26)31(39)29(38)21-24(2)3)23-35-33(41)30(18-17-25-13-9-7-10-14-25)44-34(42)37(4)19-20-43-5/h7,9-10,13-14,24,26-31,38-39H,6,8,11-12,15-23H2,1-5H3,(H,35,41)(H,36,40)/t27-,28+,29+,30+,31-/m1/s1. The monoisotopic (exact) mass is 619 g/mol. The van der Waals surface area contributed by atoms with Crippen LogP contribution in [-0.4, -0.2) is 91.2 Å². The van der Waals surface area contributed by atoms with Crippen molar-refractivity contribution >= 4 is 17.9 Å². The zero-order chi connectivity index (χ0) is 32.5. The van der Waals surface area contributed by atoms with Gasteiger partial charge in [-0.15, -0.1) is 0 Å². The van der Waals surface area contributed by atoms with Gasteiger partial charge < -0.3 is 35.2 Å². The summed E-state index contributed by atoms with van der Waals surface area (Å²) < 4.78 is 10.7. The molecule has 0 saturated heterocycles. The average Bonchev–Trinajstić information content (AvgIpc) is 3.01. The molecule has 0 aromatic heterocycles. The van der Waals surface area contributed by atoms with Gasteiger partial charge in [0.25, 0.3) is 5.91 Å². The number of hydrogen-bond donors (Lipinski definition) is 4. The summed E-state index contributed by atoms with van der Waals surface area (Å²) in [5.74, 6) is -0.713. The maximum absolute atomic E-state index is 13.5. The number of nitrogens with zero attached hydrogens (tertiary/aromatic N) is 1. The highest BCUT2D eigenvalue weighted by molar-refractivity contribution is 5.85. The molecule has 0 aliphatic heterocycles. The Morgan fingerprint density at radius 3 is 2.34 bits per heavy atom. The molecule has 0 unspecified atom stereocenters. The first-order chi connectivity index (χ1) is 21.0. The largest absolute Gasteiger partial charge is 0.436 e. The Morgan fingerprint density at radius 1 is 1.05 bits per heavy atom. The van der Waals surface area contributed by atoms with Crippen LogP contribution in [0.25, 0.3) is 0 Å². The molecule has 10 heteroatoms. The number of aliphatic hydroxyl groups excluding tert-OH is 2. The van der Waals surface area contributed by atoms with Crippen molar-refractivity contribution in [2.24, 2.45) is 17.8 Å². The molecule has 2 rings (SSSR count). The lowest BCUT2D eigenvalue weighted by Crippen LogP contribution is -2.52. The summed E-state index contributed by atoms with van der Waals surface area (Å²) in [6.45, 7) is 6.56. The Morgan fingerprint density at radius 2 is 1.73 bits per heavy atom. The van der Waals surface area contributed by atoms with Crippen molar-refractivity contribution < 1.29 is 34.1 Å². The molecule has 1 aromatic carbocycles. The predicted octanol–water partition coefficient (Wildman–Crippen LogP) is 4.07. The molecule has 44 heavy (non-hydrogen) atoms. The summed E-state index contributed by atoms with van der Waals surface area (Å²) >= 11 is 0. The fraction of sp³-hybridized carbons (Fsp3) is 0.735. The minimum absolute atomic E-state index is 0.0564. The van der Waals surface area contributed by atoms with E-state index in [1.54, 1.807) is 14.2 Å². The lowest BCUT2D eigenvalue weighted by atomic mass is 9.82. The quantitative estimate of drug-likeness (QED) is 0.183. The topological polar surface area (TPSA) is 137 Å². The normalized spacial score (nSPS) is 17.3. The fourth-order valence-electron chi connectivity index (χ4n) is 5.73. The molecule has 1 aromatic rings. The van der Waals surface area contributed by atoms with Crippen LogP contribution in [0.1, 0.15) is 84.1 Å². The molecule has 0 heterocycles. The number of aryl methyl sites for hydroxylation is 1. The third-order valence-electron chi connectivity index (χ3n) is 8.56. The molecule has 3 amide bonds. The van der Waals surface area contributed by atoms with Gasteiger partial charge in [-0.25, -0.2) is 4.79 Å². The first kappa shape index (κ1) is 37.5. The van der Waals surface area contributed by atoms with E-state index in [0.29, 0.717) is 44.8 Å². The third kappa shape index (κ3) is 13.5. The number of rotatable bonds is 19. The molecule has 1 fully saturated rings. The first-order valence-electron chi connectivity index (χ1n) is 16.4. The lowest BCUT2D eigenvalue weighted by Gasteiger charge is -2.33. The van der Waals surface area contributed by atoms with E-state index in [1.807, 2.05) is 51.1 Å². The van der Waals surface area contributed by atoms with E-state index in [2.05, 4.69) is 10.6 Å². The number of carbonyl (C=O) groups excluding carboxylic acids is 3.